The predicted molar refractivity (Wildman–Crippen MR) is 83.0 cm³/mol. The van der Waals surface area contributed by atoms with E-state index in [0.29, 0.717) is 17.1 Å². The van der Waals surface area contributed by atoms with Gasteiger partial charge in [-0.05, 0) is 27.7 Å². The largest absolute Gasteiger partial charge is 0.321 e. The summed E-state index contributed by atoms with van der Waals surface area (Å²) in [6.45, 7) is 6.72. The average molecular weight is 346 g/mol. The Morgan fingerprint density at radius 1 is 1.22 bits per heavy atom. The van der Waals surface area contributed by atoms with Gasteiger partial charge < -0.3 is 5.32 Å². The van der Waals surface area contributed by atoms with E-state index in [4.69, 9.17) is 11.6 Å². The highest BCUT2D eigenvalue weighted by Gasteiger charge is 2.26. The zero-order chi connectivity index (χ0) is 17.5. The van der Waals surface area contributed by atoms with Gasteiger partial charge in [0.25, 0.3) is 6.43 Å². The van der Waals surface area contributed by atoms with Crippen molar-refractivity contribution >= 4 is 23.2 Å². The Kier molecular flexibility index (Phi) is 4.74. The Labute approximate surface area is 137 Å². The van der Waals surface area contributed by atoms with E-state index in [1.165, 1.54) is 4.68 Å². The monoisotopic (exact) mass is 345 g/mol. The van der Waals surface area contributed by atoms with Crippen LogP contribution in [0.2, 0.25) is 5.02 Å². The van der Waals surface area contributed by atoms with Gasteiger partial charge in [-0.3, -0.25) is 14.2 Å². The highest BCUT2D eigenvalue weighted by atomic mass is 35.5. The van der Waals surface area contributed by atoms with Crippen LogP contribution >= 0.6 is 11.6 Å². The summed E-state index contributed by atoms with van der Waals surface area (Å²) in [5, 5.41) is 10.6. The third kappa shape index (κ3) is 3.08. The van der Waals surface area contributed by atoms with E-state index in [-0.39, 0.29) is 10.9 Å². The van der Waals surface area contributed by atoms with E-state index in [2.05, 4.69) is 15.5 Å². The van der Waals surface area contributed by atoms with Crippen LogP contribution in [0, 0.1) is 20.8 Å². The fraction of sp³-hybridized carbons (Fsp3) is 0.500. The lowest BCUT2D eigenvalue weighted by Gasteiger charge is -2.14. The number of nitrogens with one attached hydrogen (secondary N) is 1. The van der Waals surface area contributed by atoms with Crippen molar-refractivity contribution in [3.8, 4) is 0 Å². The molecule has 0 aliphatic carbocycles. The van der Waals surface area contributed by atoms with Gasteiger partial charge in [0.05, 0.1) is 27.8 Å². The smallest absolute Gasteiger partial charge is 0.283 e. The Balaban J connectivity index is 2.28. The molecule has 0 saturated carbocycles. The van der Waals surface area contributed by atoms with Crippen molar-refractivity contribution in [2.45, 2.75) is 40.2 Å². The molecule has 0 bridgehead atoms. The third-order valence-electron chi connectivity index (χ3n) is 3.81. The van der Waals surface area contributed by atoms with Crippen molar-refractivity contribution in [2.75, 3.05) is 5.32 Å². The fourth-order valence-electron chi connectivity index (χ4n) is 2.33. The quantitative estimate of drug-likeness (QED) is 0.924. The van der Waals surface area contributed by atoms with E-state index in [9.17, 15) is 13.6 Å². The van der Waals surface area contributed by atoms with Crippen molar-refractivity contribution in [2.24, 2.45) is 7.05 Å². The van der Waals surface area contributed by atoms with Crippen molar-refractivity contribution in [1.29, 1.82) is 0 Å². The SMILES string of the molecule is Cc1nn(C)c(C)c1NC(=O)[C@H](C)n1nc(C(F)F)c(Cl)c1C. The number of alkyl halides is 2. The van der Waals surface area contributed by atoms with Gasteiger partial charge in [0.1, 0.15) is 11.7 Å². The minimum atomic E-state index is -2.79. The first-order chi connectivity index (χ1) is 10.6. The second-order valence-corrected chi connectivity index (χ2v) is 5.74. The topological polar surface area (TPSA) is 64.7 Å². The Bertz CT molecular complexity index is 753. The fourth-order valence-corrected chi connectivity index (χ4v) is 2.54. The van der Waals surface area contributed by atoms with Crippen molar-refractivity contribution in [3.63, 3.8) is 0 Å². The predicted octanol–water partition coefficient (Wildman–Crippen LogP) is 3.33. The zero-order valence-corrected chi connectivity index (χ0v) is 14.2. The number of carbonyl (C=O) groups excluding carboxylic acids is 1. The van der Waals surface area contributed by atoms with Crippen LogP contribution in [0.15, 0.2) is 0 Å². The van der Waals surface area contributed by atoms with Gasteiger partial charge in [0, 0.05) is 7.05 Å². The Morgan fingerprint density at radius 2 is 1.83 bits per heavy atom. The summed E-state index contributed by atoms with van der Waals surface area (Å²) in [4.78, 5) is 12.4. The van der Waals surface area contributed by atoms with Gasteiger partial charge in [-0.1, -0.05) is 11.6 Å². The van der Waals surface area contributed by atoms with Gasteiger partial charge in [0.15, 0.2) is 0 Å². The maximum Gasteiger partial charge on any atom is 0.283 e. The molecule has 9 heteroatoms. The number of rotatable bonds is 4. The number of halogens is 3. The molecule has 2 rings (SSSR count). The van der Waals surface area contributed by atoms with E-state index in [1.807, 2.05) is 6.92 Å². The molecule has 0 radical (unpaired) electrons. The molecule has 2 aromatic heterocycles. The second-order valence-electron chi connectivity index (χ2n) is 5.36. The lowest BCUT2D eigenvalue weighted by Crippen LogP contribution is -2.25. The zero-order valence-electron chi connectivity index (χ0n) is 13.5. The van der Waals surface area contributed by atoms with E-state index in [1.54, 1.807) is 32.5 Å². The molecule has 0 aromatic carbocycles. The minimum absolute atomic E-state index is 0.117. The third-order valence-corrected chi connectivity index (χ3v) is 4.28. The summed E-state index contributed by atoms with van der Waals surface area (Å²) in [6.07, 6.45) is -2.79. The highest BCUT2D eigenvalue weighted by Crippen LogP contribution is 2.30. The molecule has 0 unspecified atom stereocenters. The van der Waals surface area contributed by atoms with Crippen LogP contribution in [0.5, 0.6) is 0 Å². The molecule has 0 spiro atoms. The van der Waals surface area contributed by atoms with E-state index >= 15 is 0 Å². The van der Waals surface area contributed by atoms with Gasteiger partial charge in [-0.2, -0.15) is 10.2 Å². The number of aromatic nitrogens is 4. The molecule has 0 aliphatic heterocycles. The highest BCUT2D eigenvalue weighted by molar-refractivity contribution is 6.31. The standard InChI is InChI=1S/C14H18ClF2N5O/c1-6-11(8(3)21(5)19-6)18-14(23)9(4)22-7(2)10(15)12(20-22)13(16)17/h9,13H,1-5H3,(H,18,23)/t9-/m0/s1. The molecule has 1 N–H and O–H groups in total. The molecule has 2 heterocycles. The summed E-state index contributed by atoms with van der Waals surface area (Å²) < 4.78 is 28.6. The van der Waals surface area contributed by atoms with Gasteiger partial charge in [-0.25, -0.2) is 8.78 Å². The molecule has 0 aliphatic rings. The molecular formula is C14H18ClF2N5O. The lowest BCUT2D eigenvalue weighted by atomic mass is 10.2. The normalized spacial score (nSPS) is 12.7. The summed E-state index contributed by atoms with van der Waals surface area (Å²) in [5.41, 5.74) is 1.89. The number of hydrogen-bond donors (Lipinski definition) is 1. The first kappa shape index (κ1) is 17.4. The Morgan fingerprint density at radius 3 is 2.26 bits per heavy atom. The van der Waals surface area contributed by atoms with Crippen LogP contribution in [0.25, 0.3) is 0 Å². The van der Waals surface area contributed by atoms with Crippen LogP contribution in [0.3, 0.4) is 0 Å². The number of aryl methyl sites for hydroxylation is 2. The van der Waals surface area contributed by atoms with Crippen molar-refractivity contribution in [3.05, 3.63) is 27.8 Å². The maximum atomic E-state index is 12.9. The van der Waals surface area contributed by atoms with Crippen molar-refractivity contribution < 1.29 is 13.6 Å². The molecule has 0 saturated heterocycles. The van der Waals surface area contributed by atoms with Gasteiger partial charge in [-0.15, -0.1) is 0 Å². The molecule has 23 heavy (non-hydrogen) atoms. The second kappa shape index (κ2) is 6.27. The summed E-state index contributed by atoms with van der Waals surface area (Å²) in [7, 11) is 1.77. The number of nitrogens with zero attached hydrogens (tertiary/aromatic N) is 4. The van der Waals surface area contributed by atoms with Gasteiger partial charge in [0.2, 0.25) is 5.91 Å². The minimum Gasteiger partial charge on any atom is -0.321 e. The van der Waals surface area contributed by atoms with Crippen LogP contribution in [0.4, 0.5) is 14.5 Å². The summed E-state index contributed by atoms with van der Waals surface area (Å²) >= 11 is 5.86. The number of amides is 1. The first-order valence-electron chi connectivity index (χ1n) is 6.98. The van der Waals surface area contributed by atoms with Crippen LogP contribution < -0.4 is 5.32 Å². The Hall–Kier alpha value is -1.96. The molecule has 6 nitrogen and oxygen atoms in total. The molecule has 1 atom stereocenters. The number of carbonyl (C=O) groups is 1. The van der Waals surface area contributed by atoms with Crippen LogP contribution in [-0.2, 0) is 11.8 Å². The summed E-state index contributed by atoms with van der Waals surface area (Å²) in [6, 6.07) is -0.793. The molecule has 1 amide bonds. The first-order valence-corrected chi connectivity index (χ1v) is 7.36. The maximum absolute atomic E-state index is 12.9. The molecule has 126 valence electrons. The average Bonchev–Trinajstić information content (AvgIpc) is 2.90. The number of anilines is 1. The van der Waals surface area contributed by atoms with Crippen molar-refractivity contribution in [1.82, 2.24) is 19.6 Å². The summed E-state index contributed by atoms with van der Waals surface area (Å²) in [5.74, 6) is -0.382. The molecular weight excluding hydrogens is 328 g/mol. The van der Waals surface area contributed by atoms with Crippen LogP contribution in [0.1, 0.15) is 42.2 Å². The van der Waals surface area contributed by atoms with Gasteiger partial charge >= 0.3 is 0 Å². The van der Waals surface area contributed by atoms with E-state index in [0.717, 1.165) is 5.69 Å². The van der Waals surface area contributed by atoms with E-state index < -0.39 is 18.2 Å². The number of hydrogen-bond acceptors (Lipinski definition) is 3. The molecule has 0 fully saturated rings. The lowest BCUT2D eigenvalue weighted by molar-refractivity contribution is -0.119. The molecule has 2 aromatic rings. The van der Waals surface area contributed by atoms with Crippen LogP contribution in [-0.4, -0.2) is 25.5 Å².